The number of nitrogens with zero attached hydrogens (tertiary/aromatic N) is 2. The van der Waals surface area contributed by atoms with E-state index in [9.17, 15) is 4.79 Å². The maximum absolute atomic E-state index is 12.5. The van der Waals surface area contributed by atoms with Gasteiger partial charge in [-0.1, -0.05) is 56.3 Å². The lowest BCUT2D eigenvalue weighted by atomic mass is 9.96. The molecule has 0 unspecified atom stereocenters. The van der Waals surface area contributed by atoms with E-state index >= 15 is 0 Å². The van der Waals surface area contributed by atoms with Crippen molar-refractivity contribution in [3.05, 3.63) is 71.9 Å². The van der Waals surface area contributed by atoms with Crippen LogP contribution in [0.15, 0.2) is 59.1 Å². The van der Waals surface area contributed by atoms with Gasteiger partial charge < -0.3 is 14.6 Å². The number of hydrogen-bond donors (Lipinski definition) is 1. The summed E-state index contributed by atoms with van der Waals surface area (Å²) < 4.78 is 11.0. The molecule has 3 aromatic rings. The molecule has 0 saturated carbocycles. The van der Waals surface area contributed by atoms with E-state index in [2.05, 4.69) is 15.5 Å². The summed E-state index contributed by atoms with van der Waals surface area (Å²) in [4.78, 5) is 16.9. The van der Waals surface area contributed by atoms with Crippen molar-refractivity contribution in [2.75, 3.05) is 5.32 Å². The van der Waals surface area contributed by atoms with E-state index in [1.807, 2.05) is 57.2 Å². The van der Waals surface area contributed by atoms with Gasteiger partial charge in [-0.05, 0) is 24.3 Å². The summed E-state index contributed by atoms with van der Waals surface area (Å²) in [5.41, 5.74) is 0.959. The molecule has 0 atom stereocenters. The fourth-order valence-corrected chi connectivity index (χ4v) is 2.26. The molecule has 1 heterocycles. The molecule has 0 aliphatic carbocycles. The van der Waals surface area contributed by atoms with Gasteiger partial charge in [0.15, 0.2) is 12.4 Å². The summed E-state index contributed by atoms with van der Waals surface area (Å²) in [5.74, 6) is 1.20. The molecule has 0 saturated heterocycles. The molecule has 2 aromatic carbocycles. The molecule has 0 fully saturated rings. The number of para-hydroxylation sites is 2. The fourth-order valence-electron chi connectivity index (χ4n) is 2.26. The minimum absolute atomic E-state index is 0.0959. The zero-order valence-corrected chi connectivity index (χ0v) is 15.0. The molecule has 0 aliphatic rings. The Morgan fingerprint density at radius 1 is 1.08 bits per heavy atom. The van der Waals surface area contributed by atoms with Crippen LogP contribution in [0.5, 0.6) is 5.75 Å². The minimum Gasteiger partial charge on any atom is -0.483 e. The third-order valence-corrected chi connectivity index (χ3v) is 3.65. The number of anilines is 1. The summed E-state index contributed by atoms with van der Waals surface area (Å²) >= 11 is 0. The Morgan fingerprint density at radius 2 is 1.77 bits per heavy atom. The highest BCUT2D eigenvalue weighted by atomic mass is 16.5. The summed E-state index contributed by atoms with van der Waals surface area (Å²) in [7, 11) is 0. The van der Waals surface area contributed by atoms with E-state index in [1.54, 1.807) is 18.2 Å². The molecule has 1 amide bonds. The Balaban J connectivity index is 1.71. The number of amides is 1. The predicted molar refractivity (Wildman–Crippen MR) is 98.2 cm³/mol. The number of carbonyl (C=O) groups is 1. The zero-order chi connectivity index (χ0) is 18.6. The van der Waals surface area contributed by atoms with Crippen LogP contribution < -0.4 is 10.1 Å². The first-order valence-corrected chi connectivity index (χ1v) is 8.35. The molecule has 0 spiro atoms. The third kappa shape index (κ3) is 4.27. The van der Waals surface area contributed by atoms with Gasteiger partial charge in [0.25, 0.3) is 11.8 Å². The van der Waals surface area contributed by atoms with Gasteiger partial charge in [-0.15, -0.1) is 0 Å². The molecule has 6 heteroatoms. The molecular weight excluding hydrogens is 330 g/mol. The molecular formula is C20H21N3O3. The van der Waals surface area contributed by atoms with Gasteiger partial charge in [-0.2, -0.15) is 4.98 Å². The molecule has 1 aromatic heterocycles. The highest BCUT2D eigenvalue weighted by Gasteiger charge is 2.21. The van der Waals surface area contributed by atoms with Crippen LogP contribution in [0.1, 0.15) is 42.8 Å². The maximum atomic E-state index is 12.5. The van der Waals surface area contributed by atoms with Crippen molar-refractivity contribution in [1.82, 2.24) is 10.1 Å². The first-order chi connectivity index (χ1) is 12.4. The van der Waals surface area contributed by atoms with Gasteiger partial charge in [0, 0.05) is 11.1 Å². The van der Waals surface area contributed by atoms with Crippen LogP contribution >= 0.6 is 0 Å². The Hall–Kier alpha value is -3.15. The standard InChI is InChI=1S/C20H21N3O3/c1-20(2,3)19-22-17(26-23-19)13-25-16-12-8-7-11-15(16)18(24)21-14-9-5-4-6-10-14/h4-12H,13H2,1-3H3,(H,21,24). The Labute approximate surface area is 152 Å². The van der Waals surface area contributed by atoms with Crippen molar-refractivity contribution in [2.24, 2.45) is 0 Å². The second-order valence-electron chi connectivity index (χ2n) is 6.87. The zero-order valence-electron chi connectivity index (χ0n) is 15.0. The topological polar surface area (TPSA) is 77.2 Å². The lowest BCUT2D eigenvalue weighted by Gasteiger charge is -2.11. The quantitative estimate of drug-likeness (QED) is 0.745. The van der Waals surface area contributed by atoms with Crippen LogP contribution in [-0.4, -0.2) is 16.0 Å². The lowest BCUT2D eigenvalue weighted by Crippen LogP contribution is -2.14. The van der Waals surface area contributed by atoms with Gasteiger partial charge in [0.05, 0.1) is 5.56 Å². The number of carbonyl (C=O) groups excluding carboxylic acids is 1. The third-order valence-electron chi connectivity index (χ3n) is 3.65. The lowest BCUT2D eigenvalue weighted by molar-refractivity contribution is 0.102. The fraction of sp³-hybridized carbons (Fsp3) is 0.250. The van der Waals surface area contributed by atoms with Crippen molar-refractivity contribution in [1.29, 1.82) is 0 Å². The van der Waals surface area contributed by atoms with Crippen molar-refractivity contribution in [3.8, 4) is 5.75 Å². The average molecular weight is 351 g/mol. The van der Waals surface area contributed by atoms with E-state index < -0.39 is 0 Å². The van der Waals surface area contributed by atoms with E-state index in [0.717, 1.165) is 5.69 Å². The van der Waals surface area contributed by atoms with Gasteiger partial charge in [-0.3, -0.25) is 4.79 Å². The molecule has 26 heavy (non-hydrogen) atoms. The monoisotopic (exact) mass is 351 g/mol. The van der Waals surface area contributed by atoms with Crippen molar-refractivity contribution in [2.45, 2.75) is 32.8 Å². The van der Waals surface area contributed by atoms with Crippen LogP contribution in [0.25, 0.3) is 0 Å². The highest BCUT2D eigenvalue weighted by Crippen LogP contribution is 2.22. The molecule has 0 aliphatic heterocycles. The summed E-state index contributed by atoms with van der Waals surface area (Å²) in [6.07, 6.45) is 0. The van der Waals surface area contributed by atoms with Gasteiger partial charge in [0.2, 0.25) is 0 Å². The van der Waals surface area contributed by atoms with Crippen molar-refractivity contribution in [3.63, 3.8) is 0 Å². The van der Waals surface area contributed by atoms with Crippen LogP contribution in [0.3, 0.4) is 0 Å². The van der Waals surface area contributed by atoms with Crippen LogP contribution in [0.4, 0.5) is 5.69 Å². The first kappa shape index (κ1) is 17.7. The number of aromatic nitrogens is 2. The highest BCUT2D eigenvalue weighted by molar-refractivity contribution is 6.06. The van der Waals surface area contributed by atoms with Crippen molar-refractivity contribution >= 4 is 11.6 Å². The molecule has 0 bridgehead atoms. The average Bonchev–Trinajstić information content (AvgIpc) is 3.10. The predicted octanol–water partition coefficient (Wildman–Crippen LogP) is 4.20. The van der Waals surface area contributed by atoms with Crippen LogP contribution in [0.2, 0.25) is 0 Å². The largest absolute Gasteiger partial charge is 0.483 e. The Bertz CT molecular complexity index is 883. The SMILES string of the molecule is CC(C)(C)c1noc(COc2ccccc2C(=O)Nc2ccccc2)n1. The maximum Gasteiger partial charge on any atom is 0.264 e. The number of benzene rings is 2. The molecule has 0 radical (unpaired) electrons. The van der Waals surface area contributed by atoms with E-state index in [0.29, 0.717) is 23.0 Å². The number of nitrogens with one attached hydrogen (secondary N) is 1. The number of ether oxygens (including phenoxy) is 1. The van der Waals surface area contributed by atoms with E-state index in [-0.39, 0.29) is 17.9 Å². The van der Waals surface area contributed by atoms with Gasteiger partial charge >= 0.3 is 0 Å². The van der Waals surface area contributed by atoms with Crippen LogP contribution in [0, 0.1) is 0 Å². The Morgan fingerprint density at radius 3 is 2.46 bits per heavy atom. The molecule has 1 N–H and O–H groups in total. The number of rotatable bonds is 5. The van der Waals surface area contributed by atoms with E-state index in [1.165, 1.54) is 0 Å². The van der Waals surface area contributed by atoms with Crippen molar-refractivity contribution < 1.29 is 14.1 Å². The first-order valence-electron chi connectivity index (χ1n) is 8.35. The molecule has 3 rings (SSSR count). The second kappa shape index (κ2) is 7.39. The second-order valence-corrected chi connectivity index (χ2v) is 6.87. The minimum atomic E-state index is -0.243. The van der Waals surface area contributed by atoms with Gasteiger partial charge in [-0.25, -0.2) is 0 Å². The summed E-state index contributed by atoms with van der Waals surface area (Å²) in [6, 6.07) is 16.3. The molecule has 134 valence electrons. The summed E-state index contributed by atoms with van der Waals surface area (Å²) in [5, 5.41) is 6.82. The normalized spacial score (nSPS) is 11.2. The molecule has 6 nitrogen and oxygen atoms in total. The van der Waals surface area contributed by atoms with Gasteiger partial charge in [0.1, 0.15) is 5.75 Å². The smallest absolute Gasteiger partial charge is 0.264 e. The number of hydrogen-bond acceptors (Lipinski definition) is 5. The van der Waals surface area contributed by atoms with E-state index in [4.69, 9.17) is 9.26 Å². The van der Waals surface area contributed by atoms with Crippen LogP contribution in [-0.2, 0) is 12.0 Å². The Kier molecular flexibility index (Phi) is 5.02. The summed E-state index contributed by atoms with van der Waals surface area (Å²) in [6.45, 7) is 6.11.